The van der Waals surface area contributed by atoms with Crippen LogP contribution < -0.4 is 4.74 Å². The van der Waals surface area contributed by atoms with Crippen molar-refractivity contribution in [2.75, 3.05) is 21.2 Å². The fourth-order valence-corrected chi connectivity index (χ4v) is 5.94. The zero-order valence-corrected chi connectivity index (χ0v) is 18.3. The number of ether oxygens (including phenoxy) is 2. The third-order valence-corrected chi connectivity index (χ3v) is 7.51. The Morgan fingerprint density at radius 1 is 1.23 bits per heavy atom. The maximum Gasteiger partial charge on any atom is 0.376 e. The van der Waals surface area contributed by atoms with Gasteiger partial charge in [0, 0.05) is 17.3 Å². The molecule has 164 valence electrons. The maximum atomic E-state index is 14.3. The Kier molecular flexibility index (Phi) is 5.94. The summed E-state index contributed by atoms with van der Waals surface area (Å²) in [7, 11) is 5.18. The van der Waals surface area contributed by atoms with E-state index >= 15 is 0 Å². The van der Waals surface area contributed by atoms with Gasteiger partial charge >= 0.3 is 11.9 Å². The Bertz CT molecular complexity index is 926. The van der Waals surface area contributed by atoms with E-state index in [9.17, 15) is 13.6 Å². The van der Waals surface area contributed by atoms with Gasteiger partial charge in [0.25, 0.3) is 0 Å². The number of nitrogens with zero attached hydrogens (tertiary/aromatic N) is 3. The number of thiophene rings is 1. The number of halogens is 2. The van der Waals surface area contributed by atoms with Crippen LogP contribution in [-0.2, 0) is 16.0 Å². The molecule has 2 aliphatic carbocycles. The third kappa shape index (κ3) is 4.01. The average Bonchev–Trinajstić information content (AvgIpc) is 3.27. The number of hydrogen-bond donors (Lipinski definition) is 0. The van der Waals surface area contributed by atoms with Gasteiger partial charge in [-0.15, -0.1) is 11.3 Å². The topological polar surface area (TPSA) is 64.5 Å². The van der Waals surface area contributed by atoms with Gasteiger partial charge in [0.15, 0.2) is 0 Å². The zero-order valence-electron chi connectivity index (χ0n) is 17.5. The standard InChI is InChI=1S/C21H27F2N3O3S/c1-26(2)13-5-7-14(8-6-13)29-18-17-16-12(10-21(22,23)20(27)28-3)4-9-15(16)30-19(17)25-11-24-18/h11-14H,4-10H2,1-3H3/t12-,13-,14-/m1/s1. The molecule has 2 aromatic rings. The molecule has 0 bridgehead atoms. The molecule has 6 nitrogen and oxygen atoms in total. The summed E-state index contributed by atoms with van der Waals surface area (Å²) in [5.41, 5.74) is 0.830. The molecule has 0 aliphatic heterocycles. The predicted octanol–water partition coefficient (Wildman–Crippen LogP) is 4.17. The van der Waals surface area contributed by atoms with E-state index in [1.54, 1.807) is 0 Å². The second kappa shape index (κ2) is 8.34. The second-order valence-electron chi connectivity index (χ2n) is 8.45. The van der Waals surface area contributed by atoms with Crippen LogP contribution in [0.15, 0.2) is 6.33 Å². The highest BCUT2D eigenvalue weighted by Gasteiger charge is 2.45. The van der Waals surface area contributed by atoms with Crippen molar-refractivity contribution in [1.29, 1.82) is 0 Å². The lowest BCUT2D eigenvalue weighted by atomic mass is 9.92. The van der Waals surface area contributed by atoms with E-state index in [-0.39, 0.29) is 6.10 Å². The highest BCUT2D eigenvalue weighted by molar-refractivity contribution is 7.19. The first-order chi connectivity index (χ1) is 14.3. The zero-order chi connectivity index (χ0) is 21.5. The van der Waals surface area contributed by atoms with Crippen LogP contribution in [0.25, 0.3) is 10.2 Å². The van der Waals surface area contributed by atoms with E-state index in [0.29, 0.717) is 24.8 Å². The SMILES string of the molecule is COC(=O)C(F)(F)C[C@H]1CCc2sc3ncnc(O[C@H]4CC[C@H](N(C)C)CC4)c3c21. The number of aryl methyl sites for hydroxylation is 1. The van der Waals surface area contributed by atoms with E-state index in [4.69, 9.17) is 4.74 Å². The first-order valence-corrected chi connectivity index (χ1v) is 11.2. The number of alkyl halides is 2. The van der Waals surface area contributed by atoms with E-state index in [0.717, 1.165) is 53.5 Å². The van der Waals surface area contributed by atoms with Crippen LogP contribution in [-0.4, -0.2) is 60.1 Å². The number of hydrogen-bond acceptors (Lipinski definition) is 7. The normalized spacial score (nSPS) is 24.3. The number of carbonyl (C=O) groups excluding carboxylic acids is 1. The summed E-state index contributed by atoms with van der Waals surface area (Å²) in [6, 6.07) is 0.561. The molecule has 0 aromatic carbocycles. The number of carbonyl (C=O) groups is 1. The fraction of sp³-hybridized carbons (Fsp3) is 0.667. The van der Waals surface area contributed by atoms with Crippen molar-refractivity contribution in [3.05, 3.63) is 16.8 Å². The molecule has 0 N–H and O–H groups in total. The minimum absolute atomic E-state index is 0.0613. The third-order valence-electron chi connectivity index (χ3n) is 6.33. The van der Waals surface area contributed by atoms with Crippen molar-refractivity contribution < 1.29 is 23.0 Å². The molecule has 0 amide bonds. The van der Waals surface area contributed by atoms with Gasteiger partial charge in [-0.2, -0.15) is 8.78 Å². The van der Waals surface area contributed by atoms with Crippen molar-refractivity contribution >= 4 is 27.5 Å². The average molecular weight is 440 g/mol. The van der Waals surface area contributed by atoms with Crippen molar-refractivity contribution in [2.45, 2.75) is 68.9 Å². The Labute approximate surface area is 178 Å². The number of aromatic nitrogens is 2. The lowest BCUT2D eigenvalue weighted by molar-refractivity contribution is -0.170. The minimum atomic E-state index is -3.52. The van der Waals surface area contributed by atoms with E-state index < -0.39 is 24.2 Å². The molecule has 30 heavy (non-hydrogen) atoms. The van der Waals surface area contributed by atoms with Gasteiger partial charge in [-0.25, -0.2) is 14.8 Å². The summed E-state index contributed by atoms with van der Waals surface area (Å²) in [6.07, 6.45) is 6.23. The van der Waals surface area contributed by atoms with Crippen LogP contribution in [0.4, 0.5) is 8.78 Å². The molecule has 4 rings (SSSR count). The highest BCUT2D eigenvalue weighted by atomic mass is 32.1. The molecule has 9 heteroatoms. The minimum Gasteiger partial charge on any atom is -0.474 e. The fourth-order valence-electron chi connectivity index (χ4n) is 4.71. The molecule has 0 saturated heterocycles. The summed E-state index contributed by atoms with van der Waals surface area (Å²) in [4.78, 5) is 24.3. The quantitative estimate of drug-likeness (QED) is 0.630. The van der Waals surface area contributed by atoms with Gasteiger partial charge in [0.05, 0.1) is 12.5 Å². The summed E-state index contributed by atoms with van der Waals surface area (Å²) in [5, 5.41) is 0.746. The summed E-state index contributed by atoms with van der Waals surface area (Å²) < 4.78 is 39.2. The van der Waals surface area contributed by atoms with Crippen LogP contribution in [0.1, 0.15) is 54.9 Å². The molecule has 2 aromatic heterocycles. The number of rotatable bonds is 6. The molecule has 0 unspecified atom stereocenters. The van der Waals surface area contributed by atoms with Gasteiger partial charge in [-0.3, -0.25) is 0 Å². The first kappa shape index (κ1) is 21.4. The van der Waals surface area contributed by atoms with Gasteiger partial charge < -0.3 is 14.4 Å². The number of fused-ring (bicyclic) bond motifs is 3. The summed E-state index contributed by atoms with van der Waals surface area (Å²) in [5.74, 6) is -4.96. The second-order valence-corrected chi connectivity index (χ2v) is 9.53. The molecule has 2 heterocycles. The first-order valence-electron chi connectivity index (χ1n) is 10.4. The van der Waals surface area contributed by atoms with E-state index in [1.807, 2.05) is 0 Å². The van der Waals surface area contributed by atoms with Crippen LogP contribution >= 0.6 is 11.3 Å². The van der Waals surface area contributed by atoms with Crippen LogP contribution in [0.3, 0.4) is 0 Å². The van der Waals surface area contributed by atoms with E-state index in [2.05, 4.69) is 33.7 Å². The Hall–Kier alpha value is -1.87. The lowest BCUT2D eigenvalue weighted by Gasteiger charge is -2.32. The van der Waals surface area contributed by atoms with Crippen LogP contribution in [0.2, 0.25) is 0 Å². The number of esters is 1. The molecule has 1 fully saturated rings. The highest BCUT2D eigenvalue weighted by Crippen LogP contribution is 2.49. The predicted molar refractivity (Wildman–Crippen MR) is 110 cm³/mol. The number of methoxy groups -OCH3 is 1. The molecular weight excluding hydrogens is 412 g/mol. The molecule has 1 atom stereocenters. The Morgan fingerprint density at radius 3 is 2.63 bits per heavy atom. The molecule has 0 spiro atoms. The smallest absolute Gasteiger partial charge is 0.376 e. The van der Waals surface area contributed by atoms with Gasteiger partial charge in [0.2, 0.25) is 5.88 Å². The van der Waals surface area contributed by atoms with Crippen molar-refractivity contribution in [3.8, 4) is 5.88 Å². The van der Waals surface area contributed by atoms with Crippen LogP contribution in [0, 0.1) is 0 Å². The maximum absolute atomic E-state index is 14.3. The molecular formula is C21H27F2N3O3S. The van der Waals surface area contributed by atoms with E-state index in [1.165, 1.54) is 17.7 Å². The van der Waals surface area contributed by atoms with Gasteiger partial charge in [-0.1, -0.05) is 0 Å². The largest absolute Gasteiger partial charge is 0.474 e. The van der Waals surface area contributed by atoms with Gasteiger partial charge in [0.1, 0.15) is 17.3 Å². The van der Waals surface area contributed by atoms with Gasteiger partial charge in [-0.05, 0) is 64.1 Å². The molecule has 1 saturated carbocycles. The Balaban J connectivity index is 1.59. The summed E-state index contributed by atoms with van der Waals surface area (Å²) in [6.45, 7) is 0. The lowest BCUT2D eigenvalue weighted by Crippen LogP contribution is -2.35. The van der Waals surface area contributed by atoms with Crippen LogP contribution in [0.5, 0.6) is 5.88 Å². The summed E-state index contributed by atoms with van der Waals surface area (Å²) >= 11 is 1.51. The van der Waals surface area contributed by atoms with Crippen molar-refractivity contribution in [2.24, 2.45) is 0 Å². The molecule has 2 aliphatic rings. The monoisotopic (exact) mass is 439 g/mol. The Morgan fingerprint density at radius 2 is 1.97 bits per heavy atom. The molecule has 0 radical (unpaired) electrons. The van der Waals surface area contributed by atoms with Crippen molar-refractivity contribution in [1.82, 2.24) is 14.9 Å². The van der Waals surface area contributed by atoms with Crippen molar-refractivity contribution in [3.63, 3.8) is 0 Å².